The summed E-state index contributed by atoms with van der Waals surface area (Å²) in [6.07, 6.45) is 3.58. The highest BCUT2D eigenvalue weighted by Crippen LogP contribution is 2.51. The minimum absolute atomic E-state index is 0.412. The van der Waals surface area contributed by atoms with Crippen LogP contribution < -0.4 is 0 Å². The van der Waals surface area contributed by atoms with Crippen LogP contribution in [0.2, 0.25) is 0 Å². The van der Waals surface area contributed by atoms with Gasteiger partial charge in [-0.2, -0.15) is 24.4 Å². The minimum Gasteiger partial charge on any atom is -0.179 e. The molecule has 1 atom stereocenters. The maximum Gasteiger partial charge on any atom is 0.0792 e. The van der Waals surface area contributed by atoms with Crippen LogP contribution >= 0.6 is 71.4 Å². The van der Waals surface area contributed by atoms with E-state index in [1.807, 2.05) is 11.8 Å². The van der Waals surface area contributed by atoms with Crippen molar-refractivity contribution in [3.8, 4) is 0 Å². The molecule has 0 N–H and O–H groups in total. The Morgan fingerprint density at radius 1 is 1.18 bits per heavy atom. The lowest BCUT2D eigenvalue weighted by Crippen LogP contribution is -2.32. The molecular formula is C11H22S6. The Morgan fingerprint density at radius 3 is 2.41 bits per heavy atom. The molecule has 1 rings (SSSR count). The predicted octanol–water partition coefficient (Wildman–Crippen LogP) is 4.66. The van der Waals surface area contributed by atoms with Gasteiger partial charge >= 0.3 is 0 Å². The lowest BCUT2D eigenvalue weighted by atomic mass is 10.5. The molecule has 1 unspecified atom stereocenters. The van der Waals surface area contributed by atoms with Gasteiger partial charge in [-0.05, 0) is 36.9 Å². The summed E-state index contributed by atoms with van der Waals surface area (Å²) in [6, 6.07) is 0. The van der Waals surface area contributed by atoms with E-state index in [1.54, 1.807) is 0 Å². The molecule has 17 heavy (non-hydrogen) atoms. The van der Waals surface area contributed by atoms with E-state index in [2.05, 4.69) is 72.9 Å². The highest BCUT2D eigenvalue weighted by molar-refractivity contribution is 8.24. The first-order valence-corrected chi connectivity index (χ1v) is 11.9. The van der Waals surface area contributed by atoms with Crippen molar-refractivity contribution in [2.45, 2.75) is 22.0 Å². The number of thioether (sulfide) groups is 5. The molecule has 0 bridgehead atoms. The van der Waals surface area contributed by atoms with Crippen molar-refractivity contribution in [3.05, 3.63) is 0 Å². The summed E-state index contributed by atoms with van der Waals surface area (Å²) in [4.78, 5) is 0. The van der Waals surface area contributed by atoms with Gasteiger partial charge in [0, 0.05) is 17.3 Å². The second kappa shape index (κ2) is 9.92. The molecule has 1 fully saturated rings. The Labute approximate surface area is 133 Å². The van der Waals surface area contributed by atoms with Crippen molar-refractivity contribution in [2.75, 3.05) is 40.8 Å². The van der Waals surface area contributed by atoms with E-state index in [0.717, 1.165) is 10.3 Å². The number of thiol groups is 1. The fourth-order valence-electron chi connectivity index (χ4n) is 1.54. The maximum absolute atomic E-state index is 4.35. The van der Waals surface area contributed by atoms with E-state index < -0.39 is 0 Å². The van der Waals surface area contributed by atoms with Crippen molar-refractivity contribution in [3.63, 3.8) is 0 Å². The van der Waals surface area contributed by atoms with Gasteiger partial charge in [-0.1, -0.05) is 0 Å². The fraction of sp³-hybridized carbons (Fsp3) is 1.00. The largest absolute Gasteiger partial charge is 0.179 e. The average molecular weight is 347 g/mol. The van der Waals surface area contributed by atoms with Gasteiger partial charge in [0.2, 0.25) is 0 Å². The highest BCUT2D eigenvalue weighted by Gasteiger charge is 2.37. The van der Waals surface area contributed by atoms with Crippen LogP contribution in [0.3, 0.4) is 0 Å². The molecule has 1 heterocycles. The van der Waals surface area contributed by atoms with E-state index in [1.165, 1.54) is 35.2 Å². The molecule has 0 aromatic heterocycles. The van der Waals surface area contributed by atoms with Crippen molar-refractivity contribution < 1.29 is 0 Å². The molecule has 1 aliphatic heterocycles. The highest BCUT2D eigenvalue weighted by atomic mass is 32.2. The molecule has 0 aromatic carbocycles. The van der Waals surface area contributed by atoms with Crippen molar-refractivity contribution in [1.29, 1.82) is 0 Å². The van der Waals surface area contributed by atoms with E-state index >= 15 is 0 Å². The quantitative estimate of drug-likeness (QED) is 0.384. The van der Waals surface area contributed by atoms with Crippen LogP contribution in [0.25, 0.3) is 0 Å². The average Bonchev–Trinajstić information content (AvgIpc) is 2.34. The third kappa shape index (κ3) is 6.39. The summed E-state index contributed by atoms with van der Waals surface area (Å²) in [5, 5.41) is 0. The van der Waals surface area contributed by atoms with Gasteiger partial charge in [0.25, 0.3) is 0 Å². The molecule has 0 nitrogen and oxygen atoms in total. The minimum atomic E-state index is 0.412. The second-order valence-electron chi connectivity index (χ2n) is 3.86. The predicted molar refractivity (Wildman–Crippen MR) is 98.9 cm³/mol. The second-order valence-corrected chi connectivity index (χ2v) is 11.4. The van der Waals surface area contributed by atoms with E-state index in [0.29, 0.717) is 4.08 Å². The van der Waals surface area contributed by atoms with E-state index in [9.17, 15) is 0 Å². The van der Waals surface area contributed by atoms with Crippen LogP contribution in [0.15, 0.2) is 0 Å². The first-order valence-electron chi connectivity index (χ1n) is 5.84. The van der Waals surface area contributed by atoms with Gasteiger partial charge < -0.3 is 0 Å². The van der Waals surface area contributed by atoms with Gasteiger partial charge in [-0.15, -0.1) is 47.0 Å². The Morgan fingerprint density at radius 2 is 1.82 bits per heavy atom. The Kier molecular flexibility index (Phi) is 10.0. The van der Waals surface area contributed by atoms with Crippen LogP contribution in [-0.4, -0.2) is 49.4 Å². The van der Waals surface area contributed by atoms with E-state index in [4.69, 9.17) is 0 Å². The number of rotatable bonds is 8. The molecule has 1 aliphatic rings. The Balaban J connectivity index is 2.46. The summed E-state index contributed by atoms with van der Waals surface area (Å²) >= 11 is 14.9. The van der Waals surface area contributed by atoms with Gasteiger partial charge in [0.05, 0.1) is 8.66 Å². The lowest BCUT2D eigenvalue weighted by Gasteiger charge is -2.38. The molecule has 102 valence electrons. The normalized spacial score (nSPS) is 21.4. The van der Waals surface area contributed by atoms with Gasteiger partial charge in [0.15, 0.2) is 0 Å². The molecule has 6 heteroatoms. The van der Waals surface area contributed by atoms with E-state index in [-0.39, 0.29) is 0 Å². The van der Waals surface area contributed by atoms with Crippen LogP contribution in [0.1, 0.15) is 13.3 Å². The zero-order valence-corrected chi connectivity index (χ0v) is 15.5. The Hall–Kier alpha value is 2.10. The van der Waals surface area contributed by atoms with Gasteiger partial charge in [-0.3, -0.25) is 0 Å². The molecule has 0 radical (unpaired) electrons. The number of hydrogen-bond acceptors (Lipinski definition) is 6. The summed E-state index contributed by atoms with van der Waals surface area (Å²) < 4.78 is 1.13. The van der Waals surface area contributed by atoms with Gasteiger partial charge in [0.1, 0.15) is 0 Å². The molecule has 0 aromatic rings. The first kappa shape index (κ1) is 17.2. The first-order chi connectivity index (χ1) is 8.23. The van der Waals surface area contributed by atoms with Crippen LogP contribution in [-0.2, 0) is 0 Å². The third-order valence-electron chi connectivity index (χ3n) is 2.41. The molecular weight excluding hydrogens is 325 g/mol. The van der Waals surface area contributed by atoms with Crippen LogP contribution in [0.5, 0.6) is 0 Å². The summed E-state index contributed by atoms with van der Waals surface area (Å²) in [7, 11) is 0. The standard InChI is InChI=1S/C11H22S6/c1-11(16-5-3-6-17-11)10(14-7-4-12)15-9-8-13-2/h10,12H,3-9H2,1-2H3. The Bertz CT molecular complexity index is 192. The van der Waals surface area contributed by atoms with Crippen molar-refractivity contribution >= 4 is 71.4 Å². The summed E-state index contributed by atoms with van der Waals surface area (Å²) in [5.41, 5.74) is 0. The molecule has 0 spiro atoms. The lowest BCUT2D eigenvalue weighted by molar-refractivity contribution is 0.957. The molecule has 0 aliphatic carbocycles. The third-order valence-corrected chi connectivity index (χ3v) is 11.0. The smallest absolute Gasteiger partial charge is 0.0792 e. The molecule has 1 saturated heterocycles. The zero-order chi connectivity index (χ0) is 12.6. The monoisotopic (exact) mass is 346 g/mol. The zero-order valence-electron chi connectivity index (χ0n) is 10.5. The van der Waals surface area contributed by atoms with Crippen LogP contribution in [0.4, 0.5) is 0 Å². The summed E-state index contributed by atoms with van der Waals surface area (Å²) in [5.74, 6) is 7.40. The SMILES string of the molecule is CSCCSC(SCCS)C1(C)SCCCS1. The maximum atomic E-state index is 4.35. The fourth-order valence-corrected chi connectivity index (χ4v) is 9.31. The van der Waals surface area contributed by atoms with Crippen molar-refractivity contribution in [1.82, 2.24) is 0 Å². The van der Waals surface area contributed by atoms with Crippen molar-refractivity contribution in [2.24, 2.45) is 0 Å². The summed E-state index contributed by atoms with van der Waals surface area (Å²) in [6.45, 7) is 2.45. The topological polar surface area (TPSA) is 0 Å². The molecule has 0 saturated carbocycles. The number of hydrogen-bond donors (Lipinski definition) is 1. The molecule has 0 amide bonds. The van der Waals surface area contributed by atoms with Gasteiger partial charge in [-0.25, -0.2) is 0 Å². The van der Waals surface area contributed by atoms with Crippen LogP contribution in [0, 0.1) is 0 Å².